The number of para-hydroxylation sites is 2. The van der Waals surface area contributed by atoms with Crippen LogP contribution in [0, 0.1) is 6.92 Å². The Morgan fingerprint density at radius 3 is 2.90 bits per heavy atom. The van der Waals surface area contributed by atoms with Gasteiger partial charge >= 0.3 is 0 Å². The van der Waals surface area contributed by atoms with Crippen LogP contribution in [0.1, 0.15) is 24.1 Å². The summed E-state index contributed by atoms with van der Waals surface area (Å²) in [7, 11) is 1.60. The predicted molar refractivity (Wildman–Crippen MR) is 71.7 cm³/mol. The number of benzene rings is 1. The quantitative estimate of drug-likeness (QED) is 0.854. The van der Waals surface area contributed by atoms with E-state index >= 15 is 0 Å². The zero-order valence-electron chi connectivity index (χ0n) is 11.4. The minimum Gasteiger partial charge on any atom is -0.495 e. The number of aromatic nitrogens is 2. The first-order valence-corrected chi connectivity index (χ1v) is 6.42. The van der Waals surface area contributed by atoms with Crippen molar-refractivity contribution < 1.29 is 14.1 Å². The molecule has 0 radical (unpaired) electrons. The van der Waals surface area contributed by atoms with E-state index < -0.39 is 0 Å². The van der Waals surface area contributed by atoms with Crippen molar-refractivity contribution in [3.8, 4) is 5.75 Å². The number of nitrogens with zero attached hydrogens (tertiary/aromatic N) is 3. The Bertz CT molecular complexity index is 638. The van der Waals surface area contributed by atoms with Gasteiger partial charge in [0, 0.05) is 13.0 Å². The highest BCUT2D eigenvalue weighted by molar-refractivity contribution is 5.97. The first kappa shape index (κ1) is 12.7. The summed E-state index contributed by atoms with van der Waals surface area (Å²) in [6.07, 6.45) is 0.375. The van der Waals surface area contributed by atoms with Crippen LogP contribution < -0.4 is 9.64 Å². The maximum Gasteiger partial charge on any atom is 0.232 e. The summed E-state index contributed by atoms with van der Waals surface area (Å²) in [6, 6.07) is 7.47. The molecule has 2 heterocycles. The zero-order valence-corrected chi connectivity index (χ0v) is 11.4. The summed E-state index contributed by atoms with van der Waals surface area (Å²) in [4.78, 5) is 18.1. The third kappa shape index (κ3) is 2.13. The van der Waals surface area contributed by atoms with E-state index in [4.69, 9.17) is 9.26 Å². The van der Waals surface area contributed by atoms with Crippen molar-refractivity contribution in [3.63, 3.8) is 0 Å². The van der Waals surface area contributed by atoms with Crippen LogP contribution in [0.3, 0.4) is 0 Å². The molecule has 0 N–H and O–H groups in total. The number of amides is 1. The van der Waals surface area contributed by atoms with Crippen LogP contribution >= 0.6 is 0 Å². The zero-order chi connectivity index (χ0) is 14.1. The lowest BCUT2D eigenvalue weighted by atomic mass is 10.1. The number of hydrogen-bond acceptors (Lipinski definition) is 5. The van der Waals surface area contributed by atoms with E-state index in [-0.39, 0.29) is 11.8 Å². The van der Waals surface area contributed by atoms with Gasteiger partial charge < -0.3 is 14.2 Å². The van der Waals surface area contributed by atoms with Gasteiger partial charge in [0.2, 0.25) is 11.8 Å². The van der Waals surface area contributed by atoms with E-state index in [2.05, 4.69) is 10.1 Å². The molecule has 1 aromatic heterocycles. The van der Waals surface area contributed by atoms with Gasteiger partial charge in [-0.05, 0) is 19.1 Å². The molecule has 1 saturated heterocycles. The Kier molecular flexibility index (Phi) is 3.14. The normalized spacial score (nSPS) is 18.6. The molecule has 6 heteroatoms. The summed E-state index contributed by atoms with van der Waals surface area (Å²) < 4.78 is 10.5. The van der Waals surface area contributed by atoms with E-state index in [1.54, 1.807) is 18.9 Å². The molecule has 0 bridgehead atoms. The van der Waals surface area contributed by atoms with Gasteiger partial charge in [0.15, 0.2) is 5.82 Å². The average Bonchev–Trinajstić information content (AvgIpc) is 3.05. The van der Waals surface area contributed by atoms with Gasteiger partial charge in [-0.2, -0.15) is 4.98 Å². The van der Waals surface area contributed by atoms with Crippen LogP contribution in [-0.4, -0.2) is 29.7 Å². The van der Waals surface area contributed by atoms with Crippen molar-refractivity contribution in [1.82, 2.24) is 10.1 Å². The van der Waals surface area contributed by atoms with Gasteiger partial charge in [0.05, 0.1) is 18.7 Å². The number of carbonyl (C=O) groups is 1. The van der Waals surface area contributed by atoms with Crippen molar-refractivity contribution >= 4 is 11.6 Å². The average molecular weight is 273 g/mol. The van der Waals surface area contributed by atoms with Crippen molar-refractivity contribution in [2.75, 3.05) is 18.6 Å². The molecule has 1 aliphatic rings. The lowest BCUT2D eigenvalue weighted by molar-refractivity contribution is -0.117. The topological polar surface area (TPSA) is 68.5 Å². The highest BCUT2D eigenvalue weighted by Gasteiger charge is 2.35. The summed E-state index contributed by atoms with van der Waals surface area (Å²) in [6.45, 7) is 2.29. The van der Waals surface area contributed by atoms with E-state index in [1.807, 2.05) is 24.3 Å². The van der Waals surface area contributed by atoms with Crippen LogP contribution in [0.25, 0.3) is 0 Å². The number of rotatable bonds is 3. The molecule has 1 aliphatic heterocycles. The van der Waals surface area contributed by atoms with E-state index in [9.17, 15) is 4.79 Å². The Hall–Kier alpha value is -2.37. The van der Waals surface area contributed by atoms with Gasteiger partial charge in [0.1, 0.15) is 5.75 Å². The Labute approximate surface area is 116 Å². The smallest absolute Gasteiger partial charge is 0.232 e. The minimum atomic E-state index is -0.0615. The minimum absolute atomic E-state index is 0.0374. The van der Waals surface area contributed by atoms with Gasteiger partial charge in [0.25, 0.3) is 0 Å². The third-order valence-electron chi connectivity index (χ3n) is 3.39. The number of carbonyl (C=O) groups excluding carboxylic acids is 1. The molecule has 1 amide bonds. The van der Waals surface area contributed by atoms with Crippen molar-refractivity contribution in [2.24, 2.45) is 0 Å². The third-order valence-corrected chi connectivity index (χ3v) is 3.39. The number of hydrogen-bond donors (Lipinski definition) is 0. The largest absolute Gasteiger partial charge is 0.495 e. The molecule has 2 aromatic rings. The highest BCUT2D eigenvalue weighted by Crippen LogP contribution is 2.35. The van der Waals surface area contributed by atoms with Gasteiger partial charge in [-0.25, -0.2) is 0 Å². The van der Waals surface area contributed by atoms with Crippen molar-refractivity contribution in [2.45, 2.75) is 19.3 Å². The summed E-state index contributed by atoms with van der Waals surface area (Å²) in [5.74, 6) is 1.77. The molecule has 1 fully saturated rings. The second-order valence-corrected chi connectivity index (χ2v) is 4.76. The molecule has 0 unspecified atom stereocenters. The molecule has 0 saturated carbocycles. The highest BCUT2D eigenvalue weighted by atomic mass is 16.5. The lowest BCUT2D eigenvalue weighted by Crippen LogP contribution is -2.24. The molecule has 20 heavy (non-hydrogen) atoms. The van der Waals surface area contributed by atoms with Crippen molar-refractivity contribution in [3.05, 3.63) is 36.0 Å². The molecular formula is C14H15N3O3. The molecule has 6 nitrogen and oxygen atoms in total. The standard InChI is InChI=1S/C14H15N3O3/c1-9-15-14(20-16-9)10-7-13(18)17(8-10)11-5-3-4-6-12(11)19-2/h3-6,10H,7-8H2,1-2H3/t10-/m1/s1. The SMILES string of the molecule is COc1ccccc1N1C[C@H](c2nc(C)no2)CC1=O. The fourth-order valence-corrected chi connectivity index (χ4v) is 2.44. The van der Waals surface area contributed by atoms with Gasteiger partial charge in [-0.15, -0.1) is 0 Å². The van der Waals surface area contributed by atoms with Crippen LogP contribution in [-0.2, 0) is 4.79 Å². The first-order chi connectivity index (χ1) is 9.69. The monoisotopic (exact) mass is 273 g/mol. The first-order valence-electron chi connectivity index (χ1n) is 6.42. The molecule has 0 aliphatic carbocycles. The maximum absolute atomic E-state index is 12.2. The number of aryl methyl sites for hydroxylation is 1. The molecule has 3 rings (SSSR count). The van der Waals surface area contributed by atoms with Crippen LogP contribution in [0.5, 0.6) is 5.75 Å². The molecule has 0 spiro atoms. The van der Waals surface area contributed by atoms with Crippen LogP contribution in [0.2, 0.25) is 0 Å². The number of ether oxygens (including phenoxy) is 1. The lowest BCUT2D eigenvalue weighted by Gasteiger charge is -2.18. The Morgan fingerprint density at radius 2 is 2.20 bits per heavy atom. The predicted octanol–water partition coefficient (Wildman–Crippen LogP) is 1.91. The number of methoxy groups -OCH3 is 1. The van der Waals surface area contributed by atoms with Gasteiger partial charge in [-0.1, -0.05) is 17.3 Å². The maximum atomic E-state index is 12.2. The van der Waals surface area contributed by atoms with Gasteiger partial charge in [-0.3, -0.25) is 4.79 Å². The second kappa shape index (κ2) is 4.96. The van der Waals surface area contributed by atoms with E-state index in [1.165, 1.54) is 0 Å². The summed E-state index contributed by atoms with van der Waals surface area (Å²) in [5.41, 5.74) is 0.777. The van der Waals surface area contributed by atoms with Crippen LogP contribution in [0.4, 0.5) is 5.69 Å². The molecule has 104 valence electrons. The molecule has 1 aromatic carbocycles. The second-order valence-electron chi connectivity index (χ2n) is 4.76. The molecule has 1 atom stereocenters. The fourth-order valence-electron chi connectivity index (χ4n) is 2.44. The Morgan fingerprint density at radius 1 is 1.40 bits per heavy atom. The summed E-state index contributed by atoms with van der Waals surface area (Å²) >= 11 is 0. The van der Waals surface area contributed by atoms with E-state index in [0.29, 0.717) is 30.4 Å². The fraction of sp³-hybridized carbons (Fsp3) is 0.357. The van der Waals surface area contributed by atoms with E-state index in [0.717, 1.165) is 5.69 Å². The summed E-state index contributed by atoms with van der Waals surface area (Å²) in [5, 5.41) is 3.78. The van der Waals surface area contributed by atoms with Crippen molar-refractivity contribution in [1.29, 1.82) is 0 Å². The molecular weight excluding hydrogens is 258 g/mol. The number of anilines is 1. The Balaban J connectivity index is 1.87. The van der Waals surface area contributed by atoms with Crippen LogP contribution in [0.15, 0.2) is 28.8 Å².